The van der Waals surface area contributed by atoms with Gasteiger partial charge in [-0.2, -0.15) is 13.2 Å². The van der Waals surface area contributed by atoms with Crippen LogP contribution < -0.4 is 0 Å². The van der Waals surface area contributed by atoms with E-state index in [9.17, 15) is 18.0 Å². The molecule has 0 fully saturated rings. The summed E-state index contributed by atoms with van der Waals surface area (Å²) in [5.74, 6) is 0.119. The van der Waals surface area contributed by atoms with Gasteiger partial charge in [-0.25, -0.2) is 9.97 Å². The monoisotopic (exact) mass is 487 g/mol. The van der Waals surface area contributed by atoms with Crippen molar-refractivity contribution in [3.8, 4) is 5.69 Å². The highest BCUT2D eigenvalue weighted by Crippen LogP contribution is 2.40. The number of hydrogen-bond acceptors (Lipinski definition) is 5. The Balaban J connectivity index is 1.42. The van der Waals surface area contributed by atoms with Crippen LogP contribution >= 0.6 is 23.1 Å². The van der Waals surface area contributed by atoms with Crippen molar-refractivity contribution in [2.75, 3.05) is 5.75 Å². The van der Waals surface area contributed by atoms with Crippen molar-refractivity contribution < 1.29 is 18.0 Å². The van der Waals surface area contributed by atoms with Crippen LogP contribution in [0.2, 0.25) is 0 Å². The van der Waals surface area contributed by atoms with Gasteiger partial charge in [-0.05, 0) is 62.9 Å². The van der Waals surface area contributed by atoms with Gasteiger partial charge in [0.1, 0.15) is 16.2 Å². The second-order valence-electron chi connectivity index (χ2n) is 8.10. The molecule has 3 heterocycles. The standard InChI is InChI=1S/C24H20F3N3OS2/c1-13-9-18(14(2)30(13)16-6-3-5-15(10-16)24(25,26)27)19(31)11-32-22-21-17-7-4-8-20(17)33-23(21)29-12-28-22/h3,5-6,9-10,12H,4,7-8,11H2,1-2H3. The molecule has 33 heavy (non-hydrogen) atoms. The van der Waals surface area contributed by atoms with Gasteiger partial charge in [-0.15, -0.1) is 11.3 Å². The zero-order valence-corrected chi connectivity index (χ0v) is 19.6. The van der Waals surface area contributed by atoms with E-state index < -0.39 is 11.7 Å². The molecule has 5 rings (SSSR count). The molecule has 1 aromatic carbocycles. The van der Waals surface area contributed by atoms with E-state index in [1.165, 1.54) is 28.3 Å². The van der Waals surface area contributed by atoms with Crippen LogP contribution in [0.1, 0.15) is 44.2 Å². The van der Waals surface area contributed by atoms with Crippen molar-refractivity contribution in [3.63, 3.8) is 0 Å². The van der Waals surface area contributed by atoms with Gasteiger partial charge < -0.3 is 4.57 Å². The van der Waals surface area contributed by atoms with Gasteiger partial charge in [0.05, 0.1) is 11.3 Å². The van der Waals surface area contributed by atoms with Gasteiger partial charge in [-0.3, -0.25) is 4.79 Å². The molecule has 1 aliphatic carbocycles. The highest BCUT2D eigenvalue weighted by atomic mass is 32.2. The SMILES string of the molecule is Cc1cc(C(=O)CSc2ncnc3sc4c(c23)CCC4)c(C)n1-c1cccc(C(F)(F)F)c1. The third kappa shape index (κ3) is 3.97. The van der Waals surface area contributed by atoms with E-state index in [4.69, 9.17) is 0 Å². The van der Waals surface area contributed by atoms with E-state index in [1.54, 1.807) is 48.2 Å². The molecule has 0 aliphatic heterocycles. The molecule has 0 amide bonds. The summed E-state index contributed by atoms with van der Waals surface area (Å²) < 4.78 is 41.2. The highest BCUT2D eigenvalue weighted by Gasteiger charge is 2.31. The quantitative estimate of drug-likeness (QED) is 0.181. The molecule has 0 bridgehead atoms. The molecule has 4 nitrogen and oxygen atoms in total. The molecule has 0 radical (unpaired) electrons. The van der Waals surface area contributed by atoms with Crippen LogP contribution in [0.25, 0.3) is 15.9 Å². The smallest absolute Gasteiger partial charge is 0.318 e. The Morgan fingerprint density at radius 3 is 2.79 bits per heavy atom. The number of rotatable bonds is 5. The number of aromatic nitrogens is 3. The van der Waals surface area contributed by atoms with Crippen molar-refractivity contribution in [2.45, 2.75) is 44.3 Å². The van der Waals surface area contributed by atoms with Crippen LogP contribution in [-0.2, 0) is 19.0 Å². The number of halogens is 3. The molecule has 0 atom stereocenters. The highest BCUT2D eigenvalue weighted by molar-refractivity contribution is 8.00. The number of nitrogens with zero attached hydrogens (tertiary/aromatic N) is 3. The van der Waals surface area contributed by atoms with Gasteiger partial charge in [0, 0.05) is 32.9 Å². The lowest BCUT2D eigenvalue weighted by atomic mass is 10.1. The number of hydrogen-bond donors (Lipinski definition) is 0. The molecule has 0 unspecified atom stereocenters. The van der Waals surface area contributed by atoms with Gasteiger partial charge >= 0.3 is 6.18 Å². The molecule has 0 saturated heterocycles. The van der Waals surface area contributed by atoms with Gasteiger partial charge in [0.2, 0.25) is 0 Å². The fourth-order valence-electron chi connectivity index (χ4n) is 4.48. The summed E-state index contributed by atoms with van der Waals surface area (Å²) >= 11 is 3.10. The first-order valence-electron chi connectivity index (χ1n) is 10.5. The predicted octanol–water partition coefficient (Wildman–Crippen LogP) is 6.58. The second-order valence-corrected chi connectivity index (χ2v) is 10.1. The molecule has 3 aromatic heterocycles. The maximum Gasteiger partial charge on any atom is 0.416 e. The van der Waals surface area contributed by atoms with Crippen LogP contribution in [0.3, 0.4) is 0 Å². The summed E-state index contributed by atoms with van der Waals surface area (Å²) in [6.07, 6.45) is 0.338. The van der Waals surface area contributed by atoms with E-state index in [-0.39, 0.29) is 11.5 Å². The van der Waals surface area contributed by atoms with E-state index >= 15 is 0 Å². The van der Waals surface area contributed by atoms with Gasteiger partial charge in [0.25, 0.3) is 0 Å². The van der Waals surface area contributed by atoms with Crippen molar-refractivity contribution in [1.82, 2.24) is 14.5 Å². The number of carbonyl (C=O) groups excluding carboxylic acids is 1. The number of Topliss-reactive ketones (excluding diaryl/α,β-unsaturated/α-hetero) is 1. The minimum absolute atomic E-state index is 0.0787. The third-order valence-corrected chi connectivity index (χ3v) is 8.16. The summed E-state index contributed by atoms with van der Waals surface area (Å²) in [6, 6.07) is 6.90. The summed E-state index contributed by atoms with van der Waals surface area (Å²) in [5.41, 5.74) is 2.83. The maximum absolute atomic E-state index is 13.2. The van der Waals surface area contributed by atoms with Crippen molar-refractivity contribution in [1.29, 1.82) is 0 Å². The minimum atomic E-state index is -4.43. The number of alkyl halides is 3. The largest absolute Gasteiger partial charge is 0.416 e. The summed E-state index contributed by atoms with van der Waals surface area (Å²) in [5, 5.41) is 1.89. The lowest BCUT2D eigenvalue weighted by Crippen LogP contribution is -2.08. The zero-order chi connectivity index (χ0) is 23.3. The second kappa shape index (κ2) is 8.29. The van der Waals surface area contributed by atoms with E-state index in [1.807, 2.05) is 0 Å². The van der Waals surface area contributed by atoms with E-state index in [0.29, 0.717) is 22.6 Å². The van der Waals surface area contributed by atoms with E-state index in [0.717, 1.165) is 46.6 Å². The van der Waals surface area contributed by atoms with Crippen LogP contribution in [0.5, 0.6) is 0 Å². The first kappa shape index (κ1) is 22.2. The Hall–Kier alpha value is -2.65. The topological polar surface area (TPSA) is 47.8 Å². The lowest BCUT2D eigenvalue weighted by molar-refractivity contribution is -0.137. The first-order valence-corrected chi connectivity index (χ1v) is 12.3. The van der Waals surface area contributed by atoms with Crippen LogP contribution in [0.4, 0.5) is 13.2 Å². The Bertz CT molecular complexity index is 1390. The number of aryl methyl sites for hydroxylation is 3. The van der Waals surface area contributed by atoms with Gasteiger partial charge in [-0.1, -0.05) is 17.8 Å². The molecule has 0 saturated carbocycles. The van der Waals surface area contributed by atoms with Crippen molar-refractivity contribution in [3.05, 3.63) is 69.6 Å². The summed E-state index contributed by atoms with van der Waals surface area (Å²) in [6.45, 7) is 3.56. The molecule has 170 valence electrons. The number of fused-ring (bicyclic) bond motifs is 3. The Morgan fingerprint density at radius 2 is 2.00 bits per heavy atom. The van der Waals surface area contributed by atoms with Gasteiger partial charge in [0.15, 0.2) is 5.78 Å². The fourth-order valence-corrected chi connectivity index (χ4v) is 6.69. The summed E-state index contributed by atoms with van der Waals surface area (Å²) in [4.78, 5) is 24.3. The molecule has 0 spiro atoms. The summed E-state index contributed by atoms with van der Waals surface area (Å²) in [7, 11) is 0. The number of thiophene rings is 1. The Morgan fingerprint density at radius 1 is 1.18 bits per heavy atom. The van der Waals surface area contributed by atoms with Crippen molar-refractivity contribution in [2.24, 2.45) is 0 Å². The normalized spacial score (nSPS) is 13.6. The molecule has 9 heteroatoms. The van der Waals surface area contributed by atoms with Crippen molar-refractivity contribution >= 4 is 39.1 Å². The molecule has 4 aromatic rings. The third-order valence-electron chi connectivity index (χ3n) is 5.97. The van der Waals surface area contributed by atoms with Crippen LogP contribution in [0.15, 0.2) is 41.7 Å². The molecule has 0 N–H and O–H groups in total. The first-order chi connectivity index (χ1) is 15.7. The lowest BCUT2D eigenvalue weighted by Gasteiger charge is -2.13. The Kier molecular flexibility index (Phi) is 5.56. The average molecular weight is 488 g/mol. The fraction of sp³-hybridized carbons (Fsp3) is 0.292. The number of benzene rings is 1. The molecular weight excluding hydrogens is 467 g/mol. The number of thioether (sulfide) groups is 1. The Labute approximate surface area is 196 Å². The average Bonchev–Trinajstić information content (AvgIpc) is 3.44. The molecular formula is C24H20F3N3OS2. The minimum Gasteiger partial charge on any atom is -0.318 e. The van der Waals surface area contributed by atoms with E-state index in [2.05, 4.69) is 9.97 Å². The zero-order valence-electron chi connectivity index (χ0n) is 18.0. The van der Waals surface area contributed by atoms with Crippen LogP contribution in [-0.4, -0.2) is 26.1 Å². The predicted molar refractivity (Wildman–Crippen MR) is 125 cm³/mol. The molecule has 1 aliphatic rings. The number of ketones is 1. The maximum atomic E-state index is 13.2. The number of carbonyl (C=O) groups is 1. The van der Waals surface area contributed by atoms with Crippen LogP contribution in [0, 0.1) is 13.8 Å².